The van der Waals surface area contributed by atoms with Crippen LogP contribution in [-0.4, -0.2) is 41.0 Å². The number of rotatable bonds is 10. The minimum Gasteiger partial charge on any atom is -0.444 e. The molecular weight excluding hydrogens is 466 g/mol. The van der Waals surface area contributed by atoms with Gasteiger partial charge in [-0.1, -0.05) is 67.9 Å². The lowest BCUT2D eigenvalue weighted by Crippen LogP contribution is -2.53. The maximum atomic E-state index is 14.0. The Morgan fingerprint density at radius 3 is 2.22 bits per heavy atom. The Balaban J connectivity index is 2.43. The predicted octanol–water partition coefficient (Wildman–Crippen LogP) is 5.45. The highest BCUT2D eigenvalue weighted by Crippen LogP contribution is 2.27. The van der Waals surface area contributed by atoms with Crippen molar-refractivity contribution in [2.45, 2.75) is 86.0 Å². The number of nitrogens with one attached hydrogen (secondary N) is 2. The summed E-state index contributed by atoms with van der Waals surface area (Å²) >= 11 is 0. The minimum absolute atomic E-state index is 0.133. The highest BCUT2D eigenvalue weighted by atomic mass is 16.6. The molecule has 2 N–H and O–H groups in total. The highest BCUT2D eigenvalue weighted by molar-refractivity contribution is 5.92. The number of alkyl carbamates (subject to hydrolysis) is 1. The van der Waals surface area contributed by atoms with Crippen LogP contribution in [0, 0.1) is 19.8 Å². The molecule has 37 heavy (non-hydrogen) atoms. The standard InChI is InChI=1S/C30H43N3O4/c1-9-33(28(35)25(17-20(2)3)32-29(36)37-30(6,7)8)26(24-18-21(4)15-16-22(24)5)27(34)31-19-23-13-11-10-12-14-23/h10-16,18,20,25-26H,9,17,19H2,1-8H3,(H,31,34)(H,32,36). The number of carbonyl (C=O) groups is 3. The van der Waals surface area contributed by atoms with Gasteiger partial charge < -0.3 is 20.3 Å². The van der Waals surface area contributed by atoms with Crippen molar-refractivity contribution in [3.05, 3.63) is 70.8 Å². The monoisotopic (exact) mass is 509 g/mol. The molecule has 2 atom stereocenters. The summed E-state index contributed by atoms with van der Waals surface area (Å²) in [7, 11) is 0. The van der Waals surface area contributed by atoms with Gasteiger partial charge in [-0.2, -0.15) is 0 Å². The molecule has 0 aliphatic rings. The number of carbonyl (C=O) groups excluding carboxylic acids is 3. The molecule has 0 spiro atoms. The van der Waals surface area contributed by atoms with Crippen LogP contribution in [0.2, 0.25) is 0 Å². The molecule has 0 saturated carbocycles. The van der Waals surface area contributed by atoms with Gasteiger partial charge in [0.25, 0.3) is 0 Å². The van der Waals surface area contributed by atoms with Gasteiger partial charge in [-0.3, -0.25) is 9.59 Å². The van der Waals surface area contributed by atoms with E-state index in [0.717, 1.165) is 22.3 Å². The SMILES string of the molecule is CCN(C(=O)C(CC(C)C)NC(=O)OC(C)(C)C)C(C(=O)NCc1ccccc1)c1cc(C)ccc1C. The van der Waals surface area contributed by atoms with E-state index in [-0.39, 0.29) is 17.7 Å². The number of ether oxygens (including phenoxy) is 1. The first-order chi connectivity index (χ1) is 17.3. The third kappa shape index (κ3) is 9.23. The second-order valence-electron chi connectivity index (χ2n) is 10.9. The van der Waals surface area contributed by atoms with Crippen LogP contribution >= 0.6 is 0 Å². The Morgan fingerprint density at radius 1 is 1.00 bits per heavy atom. The lowest BCUT2D eigenvalue weighted by atomic mass is 9.95. The molecule has 0 aromatic heterocycles. The molecule has 0 heterocycles. The molecule has 0 aliphatic heterocycles. The van der Waals surface area contributed by atoms with Crippen LogP contribution in [0.3, 0.4) is 0 Å². The molecule has 2 unspecified atom stereocenters. The first-order valence-corrected chi connectivity index (χ1v) is 13.0. The molecule has 7 heteroatoms. The fraction of sp³-hybridized carbons (Fsp3) is 0.500. The van der Waals surface area contributed by atoms with Crippen LogP contribution in [0.15, 0.2) is 48.5 Å². The molecule has 7 nitrogen and oxygen atoms in total. The third-order valence-electron chi connectivity index (χ3n) is 5.92. The van der Waals surface area contributed by atoms with Crippen LogP contribution in [-0.2, 0) is 20.9 Å². The first kappa shape index (κ1) is 29.9. The number of benzene rings is 2. The average Bonchev–Trinajstić information content (AvgIpc) is 2.81. The van der Waals surface area contributed by atoms with Crippen LogP contribution in [0.4, 0.5) is 4.79 Å². The topological polar surface area (TPSA) is 87.7 Å². The second kappa shape index (κ2) is 13.3. The van der Waals surface area contributed by atoms with Crippen molar-refractivity contribution >= 4 is 17.9 Å². The van der Waals surface area contributed by atoms with Crippen molar-refractivity contribution in [2.75, 3.05) is 6.54 Å². The summed E-state index contributed by atoms with van der Waals surface area (Å²) < 4.78 is 5.43. The zero-order valence-corrected chi connectivity index (χ0v) is 23.6. The molecule has 0 aliphatic carbocycles. The van der Waals surface area contributed by atoms with E-state index in [2.05, 4.69) is 10.6 Å². The van der Waals surface area contributed by atoms with Gasteiger partial charge in [0.1, 0.15) is 17.7 Å². The summed E-state index contributed by atoms with van der Waals surface area (Å²) in [6, 6.07) is 13.9. The Kier molecular flexibility index (Phi) is 10.7. The fourth-order valence-corrected chi connectivity index (χ4v) is 4.20. The molecule has 0 saturated heterocycles. The van der Waals surface area contributed by atoms with E-state index in [1.807, 2.05) is 83.1 Å². The molecular formula is C30H43N3O4. The van der Waals surface area contributed by atoms with Gasteiger partial charge in [0.15, 0.2) is 0 Å². The molecule has 2 aromatic carbocycles. The highest BCUT2D eigenvalue weighted by Gasteiger charge is 2.36. The van der Waals surface area contributed by atoms with Crippen LogP contribution in [0.1, 0.15) is 76.3 Å². The number of aryl methyl sites for hydroxylation is 2. The van der Waals surface area contributed by atoms with Gasteiger partial charge in [-0.15, -0.1) is 0 Å². The van der Waals surface area contributed by atoms with Gasteiger partial charge in [-0.25, -0.2) is 4.79 Å². The Bertz CT molecular complexity index is 1060. The Labute approximate surface area is 222 Å². The van der Waals surface area contributed by atoms with Crippen molar-refractivity contribution in [2.24, 2.45) is 5.92 Å². The number of hydrogen-bond donors (Lipinski definition) is 2. The molecule has 0 radical (unpaired) electrons. The zero-order valence-electron chi connectivity index (χ0n) is 23.6. The van der Waals surface area contributed by atoms with Crippen LogP contribution < -0.4 is 10.6 Å². The lowest BCUT2D eigenvalue weighted by Gasteiger charge is -2.35. The summed E-state index contributed by atoms with van der Waals surface area (Å²) in [5, 5.41) is 5.79. The van der Waals surface area contributed by atoms with E-state index in [4.69, 9.17) is 4.74 Å². The van der Waals surface area contributed by atoms with Crippen molar-refractivity contribution in [3.63, 3.8) is 0 Å². The molecule has 202 valence electrons. The van der Waals surface area contributed by atoms with Gasteiger partial charge in [-0.05, 0) is 70.6 Å². The van der Waals surface area contributed by atoms with E-state index >= 15 is 0 Å². The van der Waals surface area contributed by atoms with Crippen LogP contribution in [0.5, 0.6) is 0 Å². The fourth-order valence-electron chi connectivity index (χ4n) is 4.20. The minimum atomic E-state index is -0.851. The first-order valence-electron chi connectivity index (χ1n) is 13.0. The molecule has 0 bridgehead atoms. The molecule has 2 rings (SSSR count). The summed E-state index contributed by atoms with van der Waals surface area (Å²) in [6.07, 6.45) is -0.237. The van der Waals surface area contributed by atoms with Crippen molar-refractivity contribution in [3.8, 4) is 0 Å². The van der Waals surface area contributed by atoms with Gasteiger partial charge in [0.2, 0.25) is 11.8 Å². The average molecular weight is 510 g/mol. The van der Waals surface area contributed by atoms with E-state index in [0.29, 0.717) is 19.5 Å². The number of hydrogen-bond acceptors (Lipinski definition) is 4. The maximum absolute atomic E-state index is 14.0. The van der Waals surface area contributed by atoms with Crippen LogP contribution in [0.25, 0.3) is 0 Å². The van der Waals surface area contributed by atoms with E-state index in [1.54, 1.807) is 25.7 Å². The van der Waals surface area contributed by atoms with E-state index < -0.39 is 23.8 Å². The van der Waals surface area contributed by atoms with Crippen molar-refractivity contribution < 1.29 is 19.1 Å². The molecule has 3 amide bonds. The largest absolute Gasteiger partial charge is 0.444 e. The third-order valence-corrected chi connectivity index (χ3v) is 5.92. The molecule has 0 fully saturated rings. The summed E-state index contributed by atoms with van der Waals surface area (Å²) in [4.78, 5) is 41.9. The Hall–Kier alpha value is -3.35. The number of amides is 3. The normalized spacial score (nSPS) is 13.0. The van der Waals surface area contributed by atoms with Gasteiger partial charge in [0, 0.05) is 13.1 Å². The van der Waals surface area contributed by atoms with Crippen molar-refractivity contribution in [1.82, 2.24) is 15.5 Å². The smallest absolute Gasteiger partial charge is 0.408 e. The van der Waals surface area contributed by atoms with Crippen molar-refractivity contribution in [1.29, 1.82) is 0 Å². The predicted molar refractivity (Wildman–Crippen MR) is 147 cm³/mol. The molecule has 2 aromatic rings. The maximum Gasteiger partial charge on any atom is 0.408 e. The summed E-state index contributed by atoms with van der Waals surface area (Å²) in [5.74, 6) is -0.454. The van der Waals surface area contributed by atoms with E-state index in [9.17, 15) is 14.4 Å². The summed E-state index contributed by atoms with van der Waals surface area (Å²) in [5.41, 5.74) is 2.95. The summed E-state index contributed by atoms with van der Waals surface area (Å²) in [6.45, 7) is 15.7. The lowest BCUT2D eigenvalue weighted by molar-refractivity contribution is -0.142. The quantitative estimate of drug-likeness (QED) is 0.446. The van der Waals surface area contributed by atoms with Gasteiger partial charge >= 0.3 is 6.09 Å². The van der Waals surface area contributed by atoms with Gasteiger partial charge in [0.05, 0.1) is 0 Å². The number of likely N-dealkylation sites (N-methyl/N-ethyl adjacent to an activating group) is 1. The zero-order chi connectivity index (χ0) is 27.8. The number of nitrogens with zero attached hydrogens (tertiary/aromatic N) is 1. The van der Waals surface area contributed by atoms with E-state index in [1.165, 1.54) is 0 Å². The second-order valence-corrected chi connectivity index (χ2v) is 10.9. The Morgan fingerprint density at radius 2 is 1.65 bits per heavy atom.